The molecule has 1 unspecified atom stereocenters. The van der Waals surface area contributed by atoms with Crippen molar-refractivity contribution in [2.75, 3.05) is 0 Å². The molecule has 1 N–H and O–H groups in total. The number of fused-ring (bicyclic) bond motifs is 1. The van der Waals surface area contributed by atoms with E-state index in [9.17, 15) is 0 Å². The second-order valence-electron chi connectivity index (χ2n) is 7.20. The third-order valence-electron chi connectivity index (χ3n) is 5.54. The maximum atomic E-state index is 5.10. The highest BCUT2D eigenvalue weighted by molar-refractivity contribution is 7.11. The van der Waals surface area contributed by atoms with Gasteiger partial charge in [0.15, 0.2) is 0 Å². The van der Waals surface area contributed by atoms with Crippen LogP contribution in [0.4, 0.5) is 0 Å². The Balaban J connectivity index is 1.67. The van der Waals surface area contributed by atoms with Crippen molar-refractivity contribution in [1.82, 2.24) is 10.3 Å². The van der Waals surface area contributed by atoms with E-state index in [2.05, 4.69) is 12.2 Å². The molecule has 2 fully saturated rings. The molecule has 0 bridgehead atoms. The lowest BCUT2D eigenvalue weighted by molar-refractivity contribution is 0.231. The summed E-state index contributed by atoms with van der Waals surface area (Å²) in [6.45, 7) is 2.45. The van der Waals surface area contributed by atoms with Crippen LogP contribution in [0.5, 0.6) is 0 Å². The normalized spacial score (nSPS) is 26.4. The Hall–Kier alpha value is -0.410. The molecule has 20 heavy (non-hydrogen) atoms. The first-order valence-corrected chi connectivity index (χ1v) is 9.34. The van der Waals surface area contributed by atoms with Gasteiger partial charge in [0.2, 0.25) is 0 Å². The Kier molecular flexibility index (Phi) is 3.38. The minimum absolute atomic E-state index is 0.152. The van der Waals surface area contributed by atoms with Crippen molar-refractivity contribution in [3.8, 4) is 0 Å². The van der Waals surface area contributed by atoms with Crippen LogP contribution in [-0.4, -0.2) is 11.0 Å². The van der Waals surface area contributed by atoms with E-state index in [1.807, 2.05) is 11.3 Å². The first kappa shape index (κ1) is 13.3. The SMILES string of the molecule is CC(NC1CC1)(c1nc2c(s1)CCCC2)C1CCCC1. The largest absolute Gasteiger partial charge is 0.303 e. The van der Waals surface area contributed by atoms with Crippen molar-refractivity contribution in [2.45, 2.75) is 82.7 Å². The predicted octanol–water partition coefficient (Wildman–Crippen LogP) is 4.18. The topological polar surface area (TPSA) is 24.9 Å². The average molecular weight is 290 g/mol. The summed E-state index contributed by atoms with van der Waals surface area (Å²) in [6, 6.07) is 0.765. The van der Waals surface area contributed by atoms with Gasteiger partial charge in [-0.1, -0.05) is 12.8 Å². The lowest BCUT2D eigenvalue weighted by Crippen LogP contribution is -2.46. The molecule has 3 aliphatic carbocycles. The second kappa shape index (κ2) is 5.10. The molecule has 0 aliphatic heterocycles. The molecule has 2 saturated carbocycles. The summed E-state index contributed by atoms with van der Waals surface area (Å²) in [5, 5.41) is 5.39. The molecule has 1 heterocycles. The number of aryl methyl sites for hydroxylation is 2. The van der Waals surface area contributed by atoms with Gasteiger partial charge in [0.1, 0.15) is 5.01 Å². The van der Waals surface area contributed by atoms with Crippen LogP contribution in [0.3, 0.4) is 0 Å². The zero-order valence-electron chi connectivity index (χ0n) is 12.6. The highest BCUT2D eigenvalue weighted by Gasteiger charge is 2.43. The van der Waals surface area contributed by atoms with Gasteiger partial charge in [0, 0.05) is 10.9 Å². The van der Waals surface area contributed by atoms with Crippen LogP contribution in [0, 0.1) is 5.92 Å². The lowest BCUT2D eigenvalue weighted by Gasteiger charge is -2.35. The molecular formula is C17H26N2S. The van der Waals surface area contributed by atoms with E-state index in [4.69, 9.17) is 4.98 Å². The molecule has 0 saturated heterocycles. The smallest absolute Gasteiger partial charge is 0.113 e. The number of rotatable bonds is 4. The maximum Gasteiger partial charge on any atom is 0.113 e. The number of nitrogens with one attached hydrogen (secondary N) is 1. The minimum Gasteiger partial charge on any atom is -0.303 e. The molecule has 1 atom stereocenters. The van der Waals surface area contributed by atoms with Crippen molar-refractivity contribution in [3.05, 3.63) is 15.6 Å². The number of nitrogens with zero attached hydrogens (tertiary/aromatic N) is 1. The molecule has 0 radical (unpaired) electrons. The molecule has 3 aliphatic rings. The van der Waals surface area contributed by atoms with Crippen molar-refractivity contribution in [2.24, 2.45) is 5.92 Å². The summed E-state index contributed by atoms with van der Waals surface area (Å²) in [5.41, 5.74) is 1.58. The molecule has 110 valence electrons. The first-order chi connectivity index (χ1) is 9.75. The van der Waals surface area contributed by atoms with Gasteiger partial charge in [-0.3, -0.25) is 0 Å². The van der Waals surface area contributed by atoms with Gasteiger partial charge in [-0.05, 0) is 64.2 Å². The molecular weight excluding hydrogens is 264 g/mol. The Morgan fingerprint density at radius 3 is 2.50 bits per heavy atom. The van der Waals surface area contributed by atoms with Gasteiger partial charge >= 0.3 is 0 Å². The number of hydrogen-bond donors (Lipinski definition) is 1. The van der Waals surface area contributed by atoms with Crippen molar-refractivity contribution >= 4 is 11.3 Å². The third-order valence-corrected chi connectivity index (χ3v) is 6.94. The van der Waals surface area contributed by atoms with Gasteiger partial charge in [-0.2, -0.15) is 0 Å². The summed E-state index contributed by atoms with van der Waals surface area (Å²) in [7, 11) is 0. The van der Waals surface area contributed by atoms with Crippen LogP contribution in [0.1, 0.15) is 73.9 Å². The van der Waals surface area contributed by atoms with E-state index in [1.54, 1.807) is 4.88 Å². The van der Waals surface area contributed by atoms with Gasteiger partial charge in [-0.25, -0.2) is 4.98 Å². The highest BCUT2D eigenvalue weighted by atomic mass is 32.1. The molecule has 0 aromatic carbocycles. The van der Waals surface area contributed by atoms with E-state index in [0.717, 1.165) is 12.0 Å². The molecule has 1 aromatic rings. The first-order valence-electron chi connectivity index (χ1n) is 8.52. The Bertz CT molecular complexity index is 462. The number of aromatic nitrogens is 1. The zero-order valence-corrected chi connectivity index (χ0v) is 13.4. The van der Waals surface area contributed by atoms with Gasteiger partial charge in [0.05, 0.1) is 11.2 Å². The van der Waals surface area contributed by atoms with Gasteiger partial charge in [0.25, 0.3) is 0 Å². The summed E-state index contributed by atoms with van der Waals surface area (Å²) in [4.78, 5) is 6.70. The maximum absolute atomic E-state index is 5.10. The van der Waals surface area contributed by atoms with Gasteiger partial charge < -0.3 is 5.32 Å². The fourth-order valence-electron chi connectivity index (χ4n) is 4.08. The van der Waals surface area contributed by atoms with Crippen molar-refractivity contribution in [3.63, 3.8) is 0 Å². The number of hydrogen-bond acceptors (Lipinski definition) is 3. The highest BCUT2D eigenvalue weighted by Crippen LogP contribution is 2.44. The summed E-state index contributed by atoms with van der Waals surface area (Å²) in [5.74, 6) is 0.802. The molecule has 2 nitrogen and oxygen atoms in total. The summed E-state index contributed by atoms with van der Waals surface area (Å²) >= 11 is 2.03. The molecule has 0 amide bonds. The minimum atomic E-state index is 0.152. The van der Waals surface area contributed by atoms with Crippen LogP contribution >= 0.6 is 11.3 Å². The second-order valence-corrected chi connectivity index (χ2v) is 8.28. The molecule has 4 rings (SSSR count). The van der Waals surface area contributed by atoms with E-state index < -0.39 is 0 Å². The van der Waals surface area contributed by atoms with Crippen LogP contribution in [0.15, 0.2) is 0 Å². The Morgan fingerprint density at radius 2 is 1.80 bits per heavy atom. The van der Waals surface area contributed by atoms with Crippen LogP contribution in [0.25, 0.3) is 0 Å². The summed E-state index contributed by atoms with van der Waals surface area (Å²) < 4.78 is 0. The quantitative estimate of drug-likeness (QED) is 0.900. The van der Waals surface area contributed by atoms with E-state index in [1.165, 1.54) is 74.9 Å². The van der Waals surface area contributed by atoms with E-state index >= 15 is 0 Å². The molecule has 1 aromatic heterocycles. The Morgan fingerprint density at radius 1 is 1.05 bits per heavy atom. The fourth-order valence-corrected chi connectivity index (χ4v) is 5.42. The monoisotopic (exact) mass is 290 g/mol. The van der Waals surface area contributed by atoms with Crippen molar-refractivity contribution < 1.29 is 0 Å². The molecule has 0 spiro atoms. The van der Waals surface area contributed by atoms with Crippen LogP contribution < -0.4 is 5.32 Å². The predicted molar refractivity (Wildman–Crippen MR) is 84.2 cm³/mol. The number of thiazole rings is 1. The molecule has 3 heteroatoms. The van der Waals surface area contributed by atoms with Crippen LogP contribution in [-0.2, 0) is 18.4 Å². The van der Waals surface area contributed by atoms with Gasteiger partial charge in [-0.15, -0.1) is 11.3 Å². The zero-order chi connectivity index (χ0) is 13.6. The van der Waals surface area contributed by atoms with Crippen LogP contribution in [0.2, 0.25) is 0 Å². The van der Waals surface area contributed by atoms with E-state index in [-0.39, 0.29) is 5.54 Å². The van der Waals surface area contributed by atoms with E-state index in [0.29, 0.717) is 0 Å². The third kappa shape index (κ3) is 2.33. The lowest BCUT2D eigenvalue weighted by atomic mass is 9.84. The average Bonchev–Trinajstić information content (AvgIpc) is 2.99. The fraction of sp³-hybridized carbons (Fsp3) is 0.824. The van der Waals surface area contributed by atoms with Crippen molar-refractivity contribution in [1.29, 1.82) is 0 Å². The standard InChI is InChI=1S/C17H26N2S/c1-17(19-13-10-11-13,12-6-2-3-7-12)16-18-14-8-4-5-9-15(14)20-16/h12-13,19H,2-11H2,1H3. The summed E-state index contributed by atoms with van der Waals surface area (Å²) in [6.07, 6.45) is 13.5. The Labute approximate surface area is 126 Å².